The summed E-state index contributed by atoms with van der Waals surface area (Å²) < 4.78 is 22.2. The number of carbonyl (C=O) groups excluding carboxylic acids is 4. The first kappa shape index (κ1) is 39.9. The van der Waals surface area contributed by atoms with Crippen molar-refractivity contribution in [2.75, 3.05) is 6.61 Å². The third kappa shape index (κ3) is 5.83. The van der Waals surface area contributed by atoms with Gasteiger partial charge in [0.1, 0.15) is 35.9 Å². The molecule has 0 bridgehead atoms. The van der Waals surface area contributed by atoms with Crippen LogP contribution >= 0.6 is 0 Å². The van der Waals surface area contributed by atoms with Crippen LogP contribution in [0.1, 0.15) is 80.1 Å². The number of hydrogen-bond donors (Lipinski definition) is 7. The quantitative estimate of drug-likeness (QED) is 0.0575. The van der Waals surface area contributed by atoms with Gasteiger partial charge in [-0.15, -0.1) is 0 Å². The molecule has 6 rings (SSSR count). The van der Waals surface area contributed by atoms with Crippen LogP contribution in [0.3, 0.4) is 0 Å². The zero-order chi connectivity index (χ0) is 39.2. The standard InChI is InChI=1S/C38H54O15/c1-16(2)11-18(41)12-19-26-22(51-31(19)46)14-38(15-39)20-7-8-23-35(4,21(20)13-24(42)37(26,38)6)10-9-25(50-17(3)40)36(23,5)34(49)53-33(48)30-28(44)27(43)29(45)32(47)52-30/h7,11,19,21-30,32-33,39,42-45,47-48H,8-10,12-15H2,1-6H3. The molecule has 15 nitrogen and oxygen atoms in total. The van der Waals surface area contributed by atoms with Gasteiger partial charge in [-0.05, 0) is 76.2 Å². The molecule has 17 atom stereocenters. The van der Waals surface area contributed by atoms with Crippen LogP contribution in [0, 0.1) is 45.3 Å². The second kappa shape index (κ2) is 13.8. The summed E-state index contributed by atoms with van der Waals surface area (Å²) in [4.78, 5) is 52.9. The Kier molecular flexibility index (Phi) is 10.4. The largest absolute Gasteiger partial charge is 0.462 e. The average molecular weight is 751 g/mol. The van der Waals surface area contributed by atoms with Gasteiger partial charge >= 0.3 is 17.9 Å². The Balaban J connectivity index is 1.36. The molecule has 2 heterocycles. The fraction of sp³-hybridized carbons (Fsp3) is 0.789. The minimum atomic E-state index is -2.21. The van der Waals surface area contributed by atoms with E-state index >= 15 is 0 Å². The topological polar surface area (TPSA) is 247 Å². The van der Waals surface area contributed by atoms with Crippen LogP contribution in [0.25, 0.3) is 0 Å². The number of carbonyl (C=O) groups is 4. The van der Waals surface area contributed by atoms with E-state index < -0.39 is 119 Å². The minimum Gasteiger partial charge on any atom is -0.462 e. The molecule has 15 heteroatoms. The van der Waals surface area contributed by atoms with E-state index in [1.165, 1.54) is 13.0 Å². The van der Waals surface area contributed by atoms with Gasteiger partial charge in [0.05, 0.1) is 18.6 Å². The molecule has 0 aromatic carbocycles. The first-order valence-corrected chi connectivity index (χ1v) is 18.5. The molecular formula is C38H54O15. The van der Waals surface area contributed by atoms with E-state index in [0.717, 1.165) is 11.1 Å². The van der Waals surface area contributed by atoms with Crippen molar-refractivity contribution >= 4 is 23.7 Å². The second-order valence-electron chi connectivity index (χ2n) is 17.2. The van der Waals surface area contributed by atoms with Gasteiger partial charge in [0.15, 0.2) is 18.2 Å². The number of aliphatic hydroxyl groups is 7. The van der Waals surface area contributed by atoms with Gasteiger partial charge in [-0.1, -0.05) is 31.1 Å². The van der Waals surface area contributed by atoms with Gasteiger partial charge < -0.3 is 54.7 Å². The zero-order valence-corrected chi connectivity index (χ0v) is 31.0. The second-order valence-corrected chi connectivity index (χ2v) is 17.2. The molecule has 3 saturated carbocycles. The van der Waals surface area contributed by atoms with Crippen molar-refractivity contribution < 1.29 is 73.9 Å². The number of rotatable bonds is 8. The maximum absolute atomic E-state index is 14.4. The van der Waals surface area contributed by atoms with Gasteiger partial charge in [0, 0.05) is 30.1 Å². The highest BCUT2D eigenvalue weighted by Crippen LogP contribution is 2.74. The number of aliphatic hydroxyl groups excluding tert-OH is 7. The third-order valence-corrected chi connectivity index (χ3v) is 14.3. The van der Waals surface area contributed by atoms with Crippen LogP contribution < -0.4 is 0 Å². The molecule has 7 N–H and O–H groups in total. The van der Waals surface area contributed by atoms with Gasteiger partial charge in [-0.2, -0.15) is 0 Å². The van der Waals surface area contributed by atoms with Gasteiger partial charge in [-0.3, -0.25) is 19.2 Å². The molecule has 0 radical (unpaired) electrons. The van der Waals surface area contributed by atoms with E-state index in [9.17, 15) is 54.9 Å². The lowest BCUT2D eigenvalue weighted by atomic mass is 9.40. The normalized spacial score (nSPS) is 47.8. The molecule has 4 aliphatic carbocycles. The van der Waals surface area contributed by atoms with Crippen LogP contribution in [0.4, 0.5) is 0 Å². The van der Waals surface area contributed by atoms with Crippen molar-refractivity contribution in [2.24, 2.45) is 45.3 Å². The van der Waals surface area contributed by atoms with Crippen molar-refractivity contribution in [3.05, 3.63) is 23.3 Å². The third-order valence-electron chi connectivity index (χ3n) is 14.3. The lowest BCUT2D eigenvalue weighted by Crippen LogP contribution is -2.65. The summed E-state index contributed by atoms with van der Waals surface area (Å²) in [6.45, 7) is 9.86. The Morgan fingerprint density at radius 2 is 1.72 bits per heavy atom. The number of ether oxygens (including phenoxy) is 4. The molecule has 0 amide bonds. The molecule has 0 spiro atoms. The SMILES string of the molecule is CC(=O)OC1CCC2(C)C3CC(O)C4(C)C5C(CC4(CO)C3=CCC2C1(C)C(=O)OC(O)C1OC(O)C(O)C(O)C1O)OC(=O)C5CC(=O)C=C(C)C. The van der Waals surface area contributed by atoms with E-state index in [0.29, 0.717) is 6.42 Å². The lowest BCUT2D eigenvalue weighted by Gasteiger charge is -2.65. The van der Waals surface area contributed by atoms with Crippen LogP contribution in [0.5, 0.6) is 0 Å². The molecular weight excluding hydrogens is 696 g/mol. The van der Waals surface area contributed by atoms with E-state index in [1.54, 1.807) is 20.8 Å². The highest BCUT2D eigenvalue weighted by atomic mass is 16.7. The number of ketones is 1. The lowest BCUT2D eigenvalue weighted by molar-refractivity contribution is -0.321. The summed E-state index contributed by atoms with van der Waals surface area (Å²) in [5.41, 5.74) is -2.79. The van der Waals surface area contributed by atoms with Crippen molar-refractivity contribution in [1.82, 2.24) is 0 Å². The monoisotopic (exact) mass is 750 g/mol. The molecule has 296 valence electrons. The molecule has 2 saturated heterocycles. The number of esters is 3. The zero-order valence-electron chi connectivity index (χ0n) is 31.0. The highest BCUT2D eigenvalue weighted by Gasteiger charge is 2.76. The van der Waals surface area contributed by atoms with Crippen LogP contribution in [-0.4, -0.2) is 121 Å². The van der Waals surface area contributed by atoms with Crippen molar-refractivity contribution in [1.29, 1.82) is 0 Å². The molecule has 5 fully saturated rings. The summed E-state index contributed by atoms with van der Waals surface area (Å²) in [5, 5.41) is 75.2. The Labute approximate surface area is 307 Å². The van der Waals surface area contributed by atoms with E-state index in [-0.39, 0.29) is 44.5 Å². The molecule has 53 heavy (non-hydrogen) atoms. The Bertz CT molecular complexity index is 1570. The summed E-state index contributed by atoms with van der Waals surface area (Å²) >= 11 is 0. The van der Waals surface area contributed by atoms with Gasteiger partial charge in [-0.25, -0.2) is 0 Å². The molecule has 6 aliphatic rings. The summed E-state index contributed by atoms with van der Waals surface area (Å²) in [5.74, 6) is -4.72. The highest BCUT2D eigenvalue weighted by molar-refractivity contribution is 5.93. The van der Waals surface area contributed by atoms with Crippen molar-refractivity contribution in [2.45, 2.75) is 135 Å². The predicted molar refractivity (Wildman–Crippen MR) is 180 cm³/mol. The van der Waals surface area contributed by atoms with E-state index in [4.69, 9.17) is 18.9 Å². The molecule has 17 unspecified atom stereocenters. The fourth-order valence-electron chi connectivity index (χ4n) is 11.6. The minimum absolute atomic E-state index is 0.0808. The Morgan fingerprint density at radius 3 is 2.34 bits per heavy atom. The fourth-order valence-corrected chi connectivity index (χ4v) is 11.6. The van der Waals surface area contributed by atoms with E-state index in [1.807, 2.05) is 19.9 Å². The van der Waals surface area contributed by atoms with E-state index in [2.05, 4.69) is 0 Å². The predicted octanol–water partition coefficient (Wildman–Crippen LogP) is 0.185. The summed E-state index contributed by atoms with van der Waals surface area (Å²) in [6.07, 6.45) is -9.80. The number of hydrogen-bond acceptors (Lipinski definition) is 15. The van der Waals surface area contributed by atoms with Gasteiger partial charge in [0.25, 0.3) is 0 Å². The average Bonchev–Trinajstić information content (AvgIpc) is 3.52. The maximum Gasteiger partial charge on any atom is 0.318 e. The molecule has 0 aromatic rings. The molecule has 2 aliphatic heterocycles. The maximum atomic E-state index is 14.4. The smallest absolute Gasteiger partial charge is 0.318 e. The Morgan fingerprint density at radius 1 is 1.04 bits per heavy atom. The Hall–Kier alpha value is -2.76. The van der Waals surface area contributed by atoms with Crippen molar-refractivity contribution in [3.8, 4) is 0 Å². The van der Waals surface area contributed by atoms with Crippen molar-refractivity contribution in [3.63, 3.8) is 0 Å². The first-order valence-electron chi connectivity index (χ1n) is 18.5. The van der Waals surface area contributed by atoms with Crippen LogP contribution in [0.15, 0.2) is 23.3 Å². The van der Waals surface area contributed by atoms with Gasteiger partial charge in [0.2, 0.25) is 6.29 Å². The van der Waals surface area contributed by atoms with Crippen LogP contribution in [-0.2, 0) is 38.1 Å². The first-order chi connectivity index (χ1) is 24.7. The molecule has 0 aromatic heterocycles. The summed E-state index contributed by atoms with van der Waals surface area (Å²) in [6, 6.07) is 0. The number of fused-ring (bicyclic) bond motifs is 7. The number of allylic oxidation sites excluding steroid dienone is 3. The summed E-state index contributed by atoms with van der Waals surface area (Å²) in [7, 11) is 0. The van der Waals surface area contributed by atoms with Crippen LogP contribution in [0.2, 0.25) is 0 Å².